The fourth-order valence-corrected chi connectivity index (χ4v) is 3.32. The molecule has 0 atom stereocenters. The van der Waals surface area contributed by atoms with E-state index in [4.69, 9.17) is 0 Å². The van der Waals surface area contributed by atoms with Gasteiger partial charge < -0.3 is 10.4 Å². The van der Waals surface area contributed by atoms with Crippen molar-refractivity contribution in [3.63, 3.8) is 0 Å². The van der Waals surface area contributed by atoms with Gasteiger partial charge in [-0.15, -0.1) is 11.3 Å². The molecule has 0 bridgehead atoms. The summed E-state index contributed by atoms with van der Waals surface area (Å²) < 4.78 is 0. The largest absolute Gasteiger partial charge is 0.389 e. The minimum absolute atomic E-state index is 0.481. The number of aromatic nitrogens is 1. The summed E-state index contributed by atoms with van der Waals surface area (Å²) in [4.78, 5) is 5.61. The average Bonchev–Trinajstić information content (AvgIpc) is 2.81. The number of rotatable bonds is 5. The van der Waals surface area contributed by atoms with Crippen molar-refractivity contribution in [2.45, 2.75) is 58.1 Å². The number of hydrogen-bond donors (Lipinski definition) is 2. The van der Waals surface area contributed by atoms with Crippen molar-refractivity contribution in [2.24, 2.45) is 5.92 Å². The second-order valence-corrected chi connectivity index (χ2v) is 6.78. The van der Waals surface area contributed by atoms with Gasteiger partial charge in [0.1, 0.15) is 0 Å². The van der Waals surface area contributed by atoms with Crippen LogP contribution < -0.4 is 5.32 Å². The first-order chi connectivity index (χ1) is 8.61. The summed E-state index contributed by atoms with van der Waals surface area (Å²) in [7, 11) is 0. The van der Waals surface area contributed by atoms with Crippen molar-refractivity contribution in [3.05, 3.63) is 16.1 Å². The van der Waals surface area contributed by atoms with Crippen LogP contribution >= 0.6 is 11.3 Å². The van der Waals surface area contributed by atoms with E-state index < -0.39 is 5.60 Å². The Kier molecular flexibility index (Phi) is 4.76. The van der Waals surface area contributed by atoms with Gasteiger partial charge in [-0.05, 0) is 38.0 Å². The normalized spacial score (nSPS) is 28.5. The monoisotopic (exact) mass is 268 g/mol. The molecular weight excluding hydrogens is 244 g/mol. The lowest BCUT2D eigenvalue weighted by Crippen LogP contribution is -2.43. The van der Waals surface area contributed by atoms with E-state index in [0.717, 1.165) is 44.6 Å². The van der Waals surface area contributed by atoms with Crippen LogP contribution in [0.1, 0.15) is 49.4 Å². The highest BCUT2D eigenvalue weighted by Gasteiger charge is 2.31. The van der Waals surface area contributed by atoms with Crippen molar-refractivity contribution in [2.75, 3.05) is 6.54 Å². The summed E-state index contributed by atoms with van der Waals surface area (Å²) in [6.07, 6.45) is 7.13. The predicted molar refractivity (Wildman–Crippen MR) is 75.8 cm³/mol. The van der Waals surface area contributed by atoms with Crippen LogP contribution in [0.3, 0.4) is 0 Å². The lowest BCUT2D eigenvalue weighted by Gasteiger charge is -2.35. The number of thiazole rings is 1. The fourth-order valence-electron chi connectivity index (χ4n) is 2.49. The van der Waals surface area contributed by atoms with E-state index >= 15 is 0 Å². The summed E-state index contributed by atoms with van der Waals surface area (Å²) in [5.74, 6) is 0.777. The van der Waals surface area contributed by atoms with Crippen molar-refractivity contribution in [3.8, 4) is 0 Å². The van der Waals surface area contributed by atoms with E-state index in [1.54, 1.807) is 11.3 Å². The number of nitrogens with zero attached hydrogens (tertiary/aromatic N) is 1. The van der Waals surface area contributed by atoms with E-state index in [-0.39, 0.29) is 0 Å². The molecule has 3 nitrogen and oxygen atoms in total. The second-order valence-electron chi connectivity index (χ2n) is 5.58. The van der Waals surface area contributed by atoms with Crippen LogP contribution in [0.15, 0.2) is 6.20 Å². The number of nitrogens with one attached hydrogen (secondary N) is 1. The highest BCUT2D eigenvalue weighted by molar-refractivity contribution is 7.11. The summed E-state index contributed by atoms with van der Waals surface area (Å²) in [6.45, 7) is 5.94. The maximum Gasteiger partial charge on any atom is 0.0925 e. The van der Waals surface area contributed by atoms with E-state index in [1.807, 2.05) is 6.20 Å². The molecule has 1 heterocycles. The van der Waals surface area contributed by atoms with Crippen LogP contribution in [-0.2, 0) is 13.0 Å². The first-order valence-corrected chi connectivity index (χ1v) is 7.79. The molecule has 0 amide bonds. The Hall–Kier alpha value is -0.450. The fraction of sp³-hybridized carbons (Fsp3) is 0.786. The van der Waals surface area contributed by atoms with Crippen LogP contribution in [0.25, 0.3) is 0 Å². The predicted octanol–water partition coefficient (Wildman–Crippen LogP) is 2.74. The van der Waals surface area contributed by atoms with Crippen LogP contribution in [-0.4, -0.2) is 22.2 Å². The standard InChI is InChI=1S/C14H24N2OS/c1-3-13-16-9-12(18-13)8-15-10-14(17)6-4-11(2)5-7-14/h9,11,15,17H,3-8,10H2,1-2H3. The minimum atomic E-state index is -0.481. The summed E-state index contributed by atoms with van der Waals surface area (Å²) in [5, 5.41) is 15.0. The third-order valence-corrected chi connectivity index (χ3v) is 5.00. The van der Waals surface area contributed by atoms with Gasteiger partial charge in [0.2, 0.25) is 0 Å². The molecule has 0 spiro atoms. The quantitative estimate of drug-likeness (QED) is 0.863. The molecule has 102 valence electrons. The van der Waals surface area contributed by atoms with Crippen molar-refractivity contribution >= 4 is 11.3 Å². The molecule has 0 radical (unpaired) electrons. The van der Waals surface area contributed by atoms with E-state index in [2.05, 4.69) is 24.1 Å². The lowest BCUT2D eigenvalue weighted by molar-refractivity contribution is -0.00625. The summed E-state index contributed by atoms with van der Waals surface area (Å²) >= 11 is 1.76. The Morgan fingerprint density at radius 2 is 2.22 bits per heavy atom. The molecule has 0 aromatic carbocycles. The Bertz CT molecular complexity index is 370. The zero-order valence-electron chi connectivity index (χ0n) is 11.4. The minimum Gasteiger partial charge on any atom is -0.389 e. The molecule has 1 fully saturated rings. The van der Waals surface area contributed by atoms with E-state index in [0.29, 0.717) is 6.54 Å². The third kappa shape index (κ3) is 3.77. The zero-order valence-corrected chi connectivity index (χ0v) is 12.2. The Labute approximate surface area is 114 Å². The maximum atomic E-state index is 10.4. The molecule has 1 saturated carbocycles. The highest BCUT2D eigenvalue weighted by Crippen LogP contribution is 2.31. The first kappa shape index (κ1) is 14.0. The van der Waals surface area contributed by atoms with Crippen LogP contribution in [0.5, 0.6) is 0 Å². The number of aliphatic hydroxyl groups is 1. The molecule has 0 saturated heterocycles. The van der Waals surface area contributed by atoms with Gasteiger partial charge in [0.25, 0.3) is 0 Å². The van der Waals surface area contributed by atoms with Crippen molar-refractivity contribution in [1.29, 1.82) is 0 Å². The molecule has 2 N–H and O–H groups in total. The molecule has 4 heteroatoms. The Balaban J connectivity index is 1.74. The number of aryl methyl sites for hydroxylation is 1. The zero-order chi connectivity index (χ0) is 13.0. The maximum absolute atomic E-state index is 10.4. The molecular formula is C14H24N2OS. The van der Waals surface area contributed by atoms with Gasteiger partial charge in [0.05, 0.1) is 10.6 Å². The summed E-state index contributed by atoms with van der Waals surface area (Å²) in [5.41, 5.74) is -0.481. The van der Waals surface area contributed by atoms with Gasteiger partial charge in [-0.25, -0.2) is 4.98 Å². The average molecular weight is 268 g/mol. The smallest absolute Gasteiger partial charge is 0.0925 e. The Morgan fingerprint density at radius 1 is 1.50 bits per heavy atom. The SMILES string of the molecule is CCc1ncc(CNCC2(O)CCC(C)CC2)s1. The van der Waals surface area contributed by atoms with Crippen molar-refractivity contribution < 1.29 is 5.11 Å². The molecule has 18 heavy (non-hydrogen) atoms. The molecule has 1 aliphatic carbocycles. The highest BCUT2D eigenvalue weighted by atomic mass is 32.1. The van der Waals surface area contributed by atoms with Gasteiger partial charge >= 0.3 is 0 Å². The van der Waals surface area contributed by atoms with E-state index in [9.17, 15) is 5.11 Å². The summed E-state index contributed by atoms with van der Waals surface area (Å²) in [6, 6.07) is 0. The van der Waals surface area contributed by atoms with Gasteiger partial charge in [0, 0.05) is 24.2 Å². The first-order valence-electron chi connectivity index (χ1n) is 6.98. The van der Waals surface area contributed by atoms with Crippen LogP contribution in [0, 0.1) is 5.92 Å². The van der Waals surface area contributed by atoms with Crippen LogP contribution in [0.2, 0.25) is 0 Å². The third-order valence-electron chi connectivity index (χ3n) is 3.86. The molecule has 1 aromatic rings. The van der Waals surface area contributed by atoms with Gasteiger partial charge in [-0.2, -0.15) is 0 Å². The molecule has 1 aromatic heterocycles. The second kappa shape index (κ2) is 6.13. The number of hydrogen-bond acceptors (Lipinski definition) is 4. The van der Waals surface area contributed by atoms with Gasteiger partial charge in [0.15, 0.2) is 0 Å². The Morgan fingerprint density at radius 3 is 2.83 bits per heavy atom. The van der Waals surface area contributed by atoms with Gasteiger partial charge in [-0.1, -0.05) is 13.8 Å². The molecule has 2 rings (SSSR count). The molecule has 0 aliphatic heterocycles. The van der Waals surface area contributed by atoms with E-state index in [1.165, 1.54) is 9.88 Å². The van der Waals surface area contributed by atoms with Crippen LogP contribution in [0.4, 0.5) is 0 Å². The molecule has 0 unspecified atom stereocenters. The van der Waals surface area contributed by atoms with Crippen molar-refractivity contribution in [1.82, 2.24) is 10.3 Å². The topological polar surface area (TPSA) is 45.2 Å². The molecule has 1 aliphatic rings. The van der Waals surface area contributed by atoms with Gasteiger partial charge in [-0.3, -0.25) is 0 Å². The lowest BCUT2D eigenvalue weighted by atomic mass is 9.79.